The lowest BCUT2D eigenvalue weighted by molar-refractivity contribution is 1.22. The molecule has 0 saturated carbocycles. The van der Waals surface area contributed by atoms with Gasteiger partial charge in [0.2, 0.25) is 0 Å². The van der Waals surface area contributed by atoms with Gasteiger partial charge in [-0.25, -0.2) is 0 Å². The van der Waals surface area contributed by atoms with Crippen LogP contribution in [0.5, 0.6) is 0 Å². The number of fused-ring (bicyclic) bond motifs is 2. The summed E-state index contributed by atoms with van der Waals surface area (Å²) in [5.41, 5.74) is 8.28. The lowest BCUT2D eigenvalue weighted by Crippen LogP contribution is -1.95. The molecule has 0 bridgehead atoms. The molecule has 0 heteroatoms. The monoisotopic (exact) mass is 324 g/mol. The van der Waals surface area contributed by atoms with E-state index in [2.05, 4.69) is 88.4 Å². The Morgan fingerprint density at radius 2 is 0.880 bits per heavy atom. The van der Waals surface area contributed by atoms with Crippen molar-refractivity contribution < 1.29 is 0 Å². The summed E-state index contributed by atoms with van der Waals surface area (Å²) < 4.78 is 0. The van der Waals surface area contributed by atoms with Gasteiger partial charge in [-0.1, -0.05) is 60.7 Å². The van der Waals surface area contributed by atoms with E-state index in [1.807, 2.05) is 0 Å². The second kappa shape index (κ2) is 6.04. The summed E-state index contributed by atoms with van der Waals surface area (Å²) >= 11 is 0. The summed E-state index contributed by atoms with van der Waals surface area (Å²) in [7, 11) is 0. The molecule has 0 unspecified atom stereocenters. The van der Waals surface area contributed by atoms with Crippen LogP contribution >= 0.6 is 0 Å². The number of hydrogen-bond donors (Lipinski definition) is 0. The van der Waals surface area contributed by atoms with Crippen LogP contribution in [0.25, 0.3) is 21.5 Å². The molecular formula is C25H24. The Hall–Kier alpha value is -2.60. The van der Waals surface area contributed by atoms with Gasteiger partial charge in [-0.3, -0.25) is 0 Å². The molecule has 0 aromatic heterocycles. The predicted molar refractivity (Wildman–Crippen MR) is 110 cm³/mol. The third-order valence-electron chi connectivity index (χ3n) is 5.48. The average Bonchev–Trinajstić information content (AvgIpc) is 2.59. The maximum absolute atomic E-state index is 2.30. The number of aryl methyl sites for hydroxylation is 4. The van der Waals surface area contributed by atoms with Gasteiger partial charge in [0.1, 0.15) is 0 Å². The van der Waals surface area contributed by atoms with Crippen molar-refractivity contribution in [1.82, 2.24) is 0 Å². The van der Waals surface area contributed by atoms with Crippen molar-refractivity contribution in [2.75, 3.05) is 0 Å². The van der Waals surface area contributed by atoms with E-state index in [4.69, 9.17) is 0 Å². The maximum atomic E-state index is 2.30. The van der Waals surface area contributed by atoms with Crippen LogP contribution in [-0.2, 0) is 6.42 Å². The van der Waals surface area contributed by atoms with Crippen LogP contribution in [0.2, 0.25) is 0 Å². The molecule has 124 valence electrons. The van der Waals surface area contributed by atoms with Crippen molar-refractivity contribution in [3.63, 3.8) is 0 Å². The molecule has 0 aliphatic carbocycles. The minimum absolute atomic E-state index is 0.973. The van der Waals surface area contributed by atoms with Crippen LogP contribution in [0.15, 0.2) is 60.7 Å². The first-order valence-corrected chi connectivity index (χ1v) is 9.02. The fourth-order valence-corrected chi connectivity index (χ4v) is 4.23. The Morgan fingerprint density at radius 1 is 0.480 bits per heavy atom. The molecular weight excluding hydrogens is 300 g/mol. The summed E-state index contributed by atoms with van der Waals surface area (Å²) in [6.45, 7) is 8.85. The molecule has 0 atom stereocenters. The van der Waals surface area contributed by atoms with E-state index in [1.165, 1.54) is 54.9 Å². The largest absolute Gasteiger partial charge is 0.0614 e. The van der Waals surface area contributed by atoms with Crippen LogP contribution < -0.4 is 0 Å². The highest BCUT2D eigenvalue weighted by Gasteiger charge is 2.10. The topological polar surface area (TPSA) is 0 Å². The predicted octanol–water partition coefficient (Wildman–Crippen LogP) is 6.82. The molecule has 0 amide bonds. The first-order chi connectivity index (χ1) is 12.1. The van der Waals surface area contributed by atoms with Crippen LogP contribution in [-0.4, -0.2) is 0 Å². The summed E-state index contributed by atoms with van der Waals surface area (Å²) in [5, 5.41) is 5.60. The SMILES string of the molecule is Cc1cccc2c(Cc3ccc(C)c4c(C)cccc34)ccc(C)c12. The Morgan fingerprint density at radius 3 is 1.32 bits per heavy atom. The molecule has 4 aromatic rings. The quantitative estimate of drug-likeness (QED) is 0.379. The van der Waals surface area contributed by atoms with E-state index in [0.29, 0.717) is 0 Å². The zero-order valence-electron chi connectivity index (χ0n) is 15.5. The molecule has 0 aliphatic heterocycles. The van der Waals surface area contributed by atoms with Crippen molar-refractivity contribution in [2.24, 2.45) is 0 Å². The molecule has 0 nitrogen and oxygen atoms in total. The third kappa shape index (κ3) is 2.62. The van der Waals surface area contributed by atoms with Gasteiger partial charge >= 0.3 is 0 Å². The maximum Gasteiger partial charge on any atom is -0.00134 e. The van der Waals surface area contributed by atoms with E-state index in [0.717, 1.165) is 6.42 Å². The second-order valence-corrected chi connectivity index (χ2v) is 7.25. The van der Waals surface area contributed by atoms with Gasteiger partial charge in [0.15, 0.2) is 0 Å². The summed E-state index contributed by atoms with van der Waals surface area (Å²) in [4.78, 5) is 0. The van der Waals surface area contributed by atoms with E-state index in [1.54, 1.807) is 0 Å². The lowest BCUT2D eigenvalue weighted by Gasteiger charge is -2.14. The number of rotatable bonds is 2. The highest BCUT2D eigenvalue weighted by Crippen LogP contribution is 2.31. The average molecular weight is 324 g/mol. The molecule has 0 N–H and O–H groups in total. The molecule has 0 saturated heterocycles. The fraction of sp³-hybridized carbons (Fsp3) is 0.200. The third-order valence-corrected chi connectivity index (χ3v) is 5.48. The van der Waals surface area contributed by atoms with Gasteiger partial charge in [-0.2, -0.15) is 0 Å². The summed E-state index contributed by atoms with van der Waals surface area (Å²) in [5.74, 6) is 0. The Bertz CT molecular complexity index is 994. The molecule has 4 rings (SSSR count). The van der Waals surface area contributed by atoms with Gasteiger partial charge in [0, 0.05) is 0 Å². The highest BCUT2D eigenvalue weighted by molar-refractivity contribution is 5.94. The van der Waals surface area contributed by atoms with Gasteiger partial charge in [-0.15, -0.1) is 0 Å². The Balaban J connectivity index is 1.93. The summed E-state index contributed by atoms with van der Waals surface area (Å²) in [6.07, 6.45) is 0.973. The van der Waals surface area contributed by atoms with Crippen molar-refractivity contribution in [2.45, 2.75) is 34.1 Å². The first-order valence-electron chi connectivity index (χ1n) is 9.02. The first kappa shape index (κ1) is 15.9. The lowest BCUT2D eigenvalue weighted by atomic mass is 9.90. The normalized spacial score (nSPS) is 11.4. The van der Waals surface area contributed by atoms with E-state index in [-0.39, 0.29) is 0 Å². The summed E-state index contributed by atoms with van der Waals surface area (Å²) in [6, 6.07) is 22.5. The zero-order chi connectivity index (χ0) is 17.6. The van der Waals surface area contributed by atoms with Crippen molar-refractivity contribution >= 4 is 21.5 Å². The number of benzene rings is 4. The van der Waals surface area contributed by atoms with Crippen LogP contribution in [0, 0.1) is 27.7 Å². The van der Waals surface area contributed by atoms with Crippen LogP contribution in [0.4, 0.5) is 0 Å². The van der Waals surface area contributed by atoms with Crippen molar-refractivity contribution in [3.8, 4) is 0 Å². The zero-order valence-corrected chi connectivity index (χ0v) is 15.5. The van der Waals surface area contributed by atoms with Gasteiger partial charge in [0.25, 0.3) is 0 Å². The smallest absolute Gasteiger partial charge is 0.00134 e. The van der Waals surface area contributed by atoms with Crippen molar-refractivity contribution in [3.05, 3.63) is 94.0 Å². The molecule has 25 heavy (non-hydrogen) atoms. The minimum atomic E-state index is 0.973. The van der Waals surface area contributed by atoms with E-state index in [9.17, 15) is 0 Å². The van der Waals surface area contributed by atoms with E-state index >= 15 is 0 Å². The van der Waals surface area contributed by atoms with Crippen LogP contribution in [0.3, 0.4) is 0 Å². The molecule has 0 radical (unpaired) electrons. The standard InChI is InChI=1S/C25H24/c1-16-7-5-9-22-20(13-11-18(3)24(16)22)15-21-14-12-19(4)25-17(2)8-6-10-23(21)25/h5-14H,15H2,1-4H3. The van der Waals surface area contributed by atoms with Gasteiger partial charge < -0.3 is 0 Å². The Labute approximate surface area is 150 Å². The molecule has 0 heterocycles. The van der Waals surface area contributed by atoms with Crippen molar-refractivity contribution in [1.29, 1.82) is 0 Å². The fourth-order valence-electron chi connectivity index (χ4n) is 4.23. The molecule has 4 aromatic carbocycles. The van der Waals surface area contributed by atoms with Crippen LogP contribution in [0.1, 0.15) is 33.4 Å². The van der Waals surface area contributed by atoms with E-state index < -0.39 is 0 Å². The molecule has 0 aliphatic rings. The van der Waals surface area contributed by atoms with Gasteiger partial charge in [0.05, 0.1) is 0 Å². The molecule has 0 fully saturated rings. The second-order valence-electron chi connectivity index (χ2n) is 7.25. The number of hydrogen-bond acceptors (Lipinski definition) is 0. The molecule has 0 spiro atoms. The Kier molecular flexibility index (Phi) is 3.84. The highest BCUT2D eigenvalue weighted by atomic mass is 14.1. The minimum Gasteiger partial charge on any atom is -0.0614 e. The van der Waals surface area contributed by atoms with Gasteiger partial charge in [-0.05, 0) is 89.0 Å².